The lowest BCUT2D eigenvalue weighted by Gasteiger charge is -1.98. The molecule has 0 saturated carbocycles. The zero-order valence-corrected chi connectivity index (χ0v) is 7.06. The standard InChI is InChI=1S/C9H6N2O3/c10-9(13)5-2-1-3-6-8(5)14-7(12)4-11-6/h1-4H,(H2,10,13). The molecule has 1 heterocycles. The highest BCUT2D eigenvalue weighted by Crippen LogP contribution is 2.13. The van der Waals surface area contributed by atoms with Gasteiger partial charge in [-0.1, -0.05) is 6.07 Å². The van der Waals surface area contributed by atoms with E-state index in [-0.39, 0.29) is 11.1 Å². The summed E-state index contributed by atoms with van der Waals surface area (Å²) in [5.74, 6) is -0.647. The van der Waals surface area contributed by atoms with Gasteiger partial charge in [0.15, 0.2) is 5.58 Å². The van der Waals surface area contributed by atoms with Crippen LogP contribution in [0.25, 0.3) is 11.1 Å². The van der Waals surface area contributed by atoms with Crippen LogP contribution < -0.4 is 11.4 Å². The first kappa shape index (κ1) is 8.43. The van der Waals surface area contributed by atoms with Crippen molar-refractivity contribution in [2.24, 2.45) is 5.73 Å². The number of fused-ring (bicyclic) bond motifs is 1. The number of rotatable bonds is 1. The first-order valence-corrected chi connectivity index (χ1v) is 3.87. The predicted molar refractivity (Wildman–Crippen MR) is 48.8 cm³/mol. The quantitative estimate of drug-likeness (QED) is 0.700. The fraction of sp³-hybridized carbons (Fsp3) is 0. The van der Waals surface area contributed by atoms with Crippen molar-refractivity contribution < 1.29 is 9.21 Å². The third-order valence-electron chi connectivity index (χ3n) is 1.77. The van der Waals surface area contributed by atoms with Gasteiger partial charge < -0.3 is 10.2 Å². The molecule has 0 bridgehead atoms. The molecule has 0 fully saturated rings. The molecule has 0 saturated heterocycles. The maximum atomic E-state index is 11.0. The number of nitrogens with zero attached hydrogens (tertiary/aromatic N) is 1. The highest BCUT2D eigenvalue weighted by molar-refractivity contribution is 6.02. The summed E-state index contributed by atoms with van der Waals surface area (Å²) in [7, 11) is 0. The number of amides is 1. The predicted octanol–water partition coefficient (Wildman–Crippen LogP) is 0.287. The highest BCUT2D eigenvalue weighted by atomic mass is 16.4. The van der Waals surface area contributed by atoms with Gasteiger partial charge >= 0.3 is 5.63 Å². The van der Waals surface area contributed by atoms with Gasteiger partial charge in [0.1, 0.15) is 11.7 Å². The maximum absolute atomic E-state index is 11.0. The van der Waals surface area contributed by atoms with Gasteiger partial charge in [0, 0.05) is 0 Å². The smallest absolute Gasteiger partial charge is 0.354 e. The number of benzene rings is 1. The minimum Gasteiger partial charge on any atom is -0.419 e. The summed E-state index contributed by atoms with van der Waals surface area (Å²) in [6.45, 7) is 0. The first-order chi connectivity index (χ1) is 6.68. The van der Waals surface area contributed by atoms with Crippen LogP contribution in [0.2, 0.25) is 0 Å². The van der Waals surface area contributed by atoms with Crippen molar-refractivity contribution in [3.63, 3.8) is 0 Å². The lowest BCUT2D eigenvalue weighted by molar-refractivity contribution is 0.100. The number of para-hydroxylation sites is 1. The minimum atomic E-state index is -0.647. The van der Waals surface area contributed by atoms with Crippen molar-refractivity contribution >= 4 is 17.0 Å². The third kappa shape index (κ3) is 1.24. The molecule has 0 aliphatic carbocycles. The van der Waals surface area contributed by atoms with E-state index < -0.39 is 11.5 Å². The SMILES string of the molecule is NC(=O)c1cccc2ncc(=O)oc12. The largest absolute Gasteiger partial charge is 0.419 e. The van der Waals surface area contributed by atoms with Gasteiger partial charge in [-0.15, -0.1) is 0 Å². The molecule has 2 N–H and O–H groups in total. The van der Waals surface area contributed by atoms with Crippen molar-refractivity contribution in [1.29, 1.82) is 0 Å². The van der Waals surface area contributed by atoms with Gasteiger partial charge in [-0.3, -0.25) is 4.79 Å². The van der Waals surface area contributed by atoms with Crippen molar-refractivity contribution in [3.8, 4) is 0 Å². The average Bonchev–Trinajstić information content (AvgIpc) is 2.16. The zero-order valence-electron chi connectivity index (χ0n) is 7.06. The molecule has 0 unspecified atom stereocenters. The zero-order chi connectivity index (χ0) is 10.1. The summed E-state index contributed by atoms with van der Waals surface area (Å²) in [5, 5.41) is 0. The Morgan fingerprint density at radius 1 is 1.43 bits per heavy atom. The summed E-state index contributed by atoms with van der Waals surface area (Å²) in [4.78, 5) is 25.6. The molecule has 5 heteroatoms. The molecule has 0 aliphatic heterocycles. The highest BCUT2D eigenvalue weighted by Gasteiger charge is 2.09. The number of aromatic nitrogens is 1. The molecule has 5 nitrogen and oxygen atoms in total. The van der Waals surface area contributed by atoms with Crippen molar-refractivity contribution in [2.75, 3.05) is 0 Å². The molecule has 2 aromatic rings. The Morgan fingerprint density at radius 2 is 2.21 bits per heavy atom. The maximum Gasteiger partial charge on any atom is 0.354 e. The second-order valence-electron chi connectivity index (χ2n) is 2.70. The van der Waals surface area contributed by atoms with Gasteiger partial charge in [0.05, 0.1) is 5.56 Å². The van der Waals surface area contributed by atoms with Crippen LogP contribution in [0.4, 0.5) is 0 Å². The van der Waals surface area contributed by atoms with E-state index in [4.69, 9.17) is 10.2 Å². The van der Waals surface area contributed by atoms with Crippen molar-refractivity contribution in [3.05, 3.63) is 40.4 Å². The molecule has 0 spiro atoms. The van der Waals surface area contributed by atoms with Crippen LogP contribution in [0.5, 0.6) is 0 Å². The molecule has 0 atom stereocenters. The minimum absolute atomic E-state index is 0.132. The monoisotopic (exact) mass is 190 g/mol. The van der Waals surface area contributed by atoms with Gasteiger partial charge in [0.25, 0.3) is 5.91 Å². The van der Waals surface area contributed by atoms with E-state index in [0.29, 0.717) is 5.52 Å². The average molecular weight is 190 g/mol. The van der Waals surface area contributed by atoms with Gasteiger partial charge in [-0.05, 0) is 12.1 Å². The van der Waals surface area contributed by atoms with E-state index in [1.54, 1.807) is 12.1 Å². The summed E-state index contributed by atoms with van der Waals surface area (Å²) >= 11 is 0. The Hall–Kier alpha value is -2.17. The van der Waals surface area contributed by atoms with Crippen molar-refractivity contribution in [2.45, 2.75) is 0 Å². The Bertz CT molecular complexity index is 559. The molecule has 1 amide bonds. The second kappa shape index (κ2) is 2.95. The number of hydrogen-bond donors (Lipinski definition) is 1. The number of primary amides is 1. The molecule has 0 radical (unpaired) electrons. The Labute approximate surface area is 78.2 Å². The molecule has 70 valence electrons. The van der Waals surface area contributed by atoms with E-state index >= 15 is 0 Å². The van der Waals surface area contributed by atoms with Crippen LogP contribution in [0.1, 0.15) is 10.4 Å². The molecule has 14 heavy (non-hydrogen) atoms. The summed E-state index contributed by atoms with van der Waals surface area (Å²) in [6.07, 6.45) is 1.05. The first-order valence-electron chi connectivity index (χ1n) is 3.87. The van der Waals surface area contributed by atoms with Gasteiger partial charge in [0.2, 0.25) is 0 Å². The molecule has 1 aromatic heterocycles. The van der Waals surface area contributed by atoms with Crippen LogP contribution in [0.15, 0.2) is 33.6 Å². The second-order valence-corrected chi connectivity index (χ2v) is 2.70. The number of hydrogen-bond acceptors (Lipinski definition) is 4. The van der Waals surface area contributed by atoms with Crippen LogP contribution in [0.3, 0.4) is 0 Å². The van der Waals surface area contributed by atoms with E-state index in [1.165, 1.54) is 6.07 Å². The molecular formula is C9H6N2O3. The van der Waals surface area contributed by atoms with Crippen LogP contribution in [-0.2, 0) is 0 Å². The Morgan fingerprint density at radius 3 is 2.93 bits per heavy atom. The number of carbonyl (C=O) groups excluding carboxylic acids is 1. The van der Waals surface area contributed by atoms with Gasteiger partial charge in [-0.25, -0.2) is 9.78 Å². The topological polar surface area (TPSA) is 86.2 Å². The van der Waals surface area contributed by atoms with E-state index in [9.17, 15) is 9.59 Å². The summed E-state index contributed by atoms with van der Waals surface area (Å²) in [5.41, 5.74) is 5.22. The van der Waals surface area contributed by atoms with Crippen LogP contribution in [-0.4, -0.2) is 10.9 Å². The Balaban J connectivity index is 2.91. The van der Waals surface area contributed by atoms with Crippen LogP contribution >= 0.6 is 0 Å². The summed E-state index contributed by atoms with van der Waals surface area (Å²) < 4.78 is 4.84. The lowest BCUT2D eigenvalue weighted by atomic mass is 10.2. The Kier molecular flexibility index (Phi) is 1.78. The molecule has 2 rings (SSSR count). The summed E-state index contributed by atoms with van der Waals surface area (Å²) in [6, 6.07) is 4.73. The number of nitrogens with two attached hydrogens (primary N) is 1. The molecular weight excluding hydrogens is 184 g/mol. The third-order valence-corrected chi connectivity index (χ3v) is 1.77. The fourth-order valence-corrected chi connectivity index (χ4v) is 1.18. The van der Waals surface area contributed by atoms with Crippen molar-refractivity contribution in [1.82, 2.24) is 4.98 Å². The van der Waals surface area contributed by atoms with Crippen LogP contribution in [0, 0.1) is 0 Å². The number of carbonyl (C=O) groups is 1. The van der Waals surface area contributed by atoms with E-state index in [0.717, 1.165) is 6.20 Å². The molecule has 1 aromatic carbocycles. The lowest BCUT2D eigenvalue weighted by Crippen LogP contribution is -2.12. The normalized spacial score (nSPS) is 10.3. The van der Waals surface area contributed by atoms with E-state index in [1.807, 2.05) is 0 Å². The fourth-order valence-electron chi connectivity index (χ4n) is 1.18. The van der Waals surface area contributed by atoms with E-state index in [2.05, 4.69) is 4.98 Å². The van der Waals surface area contributed by atoms with Gasteiger partial charge in [-0.2, -0.15) is 0 Å². The molecule has 0 aliphatic rings.